The van der Waals surface area contributed by atoms with Gasteiger partial charge < -0.3 is 10.2 Å². The third kappa shape index (κ3) is 3.64. The van der Waals surface area contributed by atoms with Gasteiger partial charge in [-0.3, -0.25) is 9.69 Å². The molecule has 2 aliphatic rings. The second-order valence-corrected chi connectivity index (χ2v) is 11.3. The van der Waals surface area contributed by atoms with Gasteiger partial charge in [0.05, 0.1) is 12.2 Å². The van der Waals surface area contributed by atoms with Crippen molar-refractivity contribution >= 4 is 35.1 Å². The summed E-state index contributed by atoms with van der Waals surface area (Å²) in [5.74, 6) is -0.572. The molecule has 0 bridgehead atoms. The van der Waals surface area contributed by atoms with Crippen molar-refractivity contribution in [2.45, 2.75) is 36.9 Å². The molecule has 0 saturated carbocycles. The van der Waals surface area contributed by atoms with Gasteiger partial charge in [-0.2, -0.15) is 0 Å². The first-order chi connectivity index (χ1) is 16.2. The molecule has 2 aliphatic heterocycles. The average Bonchev–Trinajstić information content (AvgIpc) is 3.22. The van der Waals surface area contributed by atoms with Gasteiger partial charge in [0.25, 0.3) is 5.91 Å². The van der Waals surface area contributed by atoms with Crippen molar-refractivity contribution in [2.24, 2.45) is 0 Å². The Morgan fingerprint density at radius 3 is 2.56 bits per heavy atom. The predicted molar refractivity (Wildman–Crippen MR) is 134 cm³/mol. The lowest BCUT2D eigenvalue weighted by Gasteiger charge is -2.33. The normalized spacial score (nSPS) is 20.6. The van der Waals surface area contributed by atoms with Crippen molar-refractivity contribution in [1.29, 1.82) is 0 Å². The number of nitrogens with one attached hydrogen (secondary N) is 1. The summed E-state index contributed by atoms with van der Waals surface area (Å²) in [7, 11) is 0. The molecule has 5 nitrogen and oxygen atoms in total. The quantitative estimate of drug-likeness (QED) is 0.514. The fourth-order valence-electron chi connectivity index (χ4n) is 4.83. The number of fused-ring (bicyclic) bond motifs is 2. The first-order valence-corrected chi connectivity index (χ1v) is 12.0. The first kappa shape index (κ1) is 22.5. The zero-order chi connectivity index (χ0) is 24.1. The molecule has 1 atom stereocenters. The molecule has 0 unspecified atom stereocenters. The molecule has 0 aromatic heterocycles. The summed E-state index contributed by atoms with van der Waals surface area (Å²) in [6, 6.07) is 21.0. The van der Waals surface area contributed by atoms with E-state index in [0.717, 1.165) is 22.4 Å². The highest BCUT2D eigenvalue weighted by atomic mass is 32.2. The van der Waals surface area contributed by atoms with Gasteiger partial charge >= 0.3 is 6.03 Å². The lowest BCUT2D eigenvalue weighted by atomic mass is 10.1. The van der Waals surface area contributed by atoms with Gasteiger partial charge in [0.1, 0.15) is 5.82 Å². The lowest BCUT2D eigenvalue weighted by Crippen LogP contribution is -2.51. The Morgan fingerprint density at radius 2 is 1.79 bits per heavy atom. The molecule has 3 aromatic rings. The van der Waals surface area contributed by atoms with E-state index in [2.05, 4.69) is 5.32 Å². The molecule has 1 spiro atoms. The first-order valence-electron chi connectivity index (χ1n) is 11.2. The van der Waals surface area contributed by atoms with E-state index in [9.17, 15) is 14.0 Å². The van der Waals surface area contributed by atoms with E-state index in [1.807, 2.05) is 69.3 Å². The number of carbonyl (C=O) groups excluding carboxylic acids is 2. The lowest BCUT2D eigenvalue weighted by molar-refractivity contribution is -0.123. The summed E-state index contributed by atoms with van der Waals surface area (Å²) >= 11 is 1.50. The number of benzene rings is 3. The second kappa shape index (κ2) is 8.17. The number of amides is 3. The topological polar surface area (TPSA) is 52.7 Å². The number of para-hydroxylation sites is 1. The molecule has 0 radical (unpaired) electrons. The number of thioether (sulfide) groups is 1. The third-order valence-electron chi connectivity index (χ3n) is 6.35. The summed E-state index contributed by atoms with van der Waals surface area (Å²) in [4.78, 5) is 30.0. The smallest absolute Gasteiger partial charge is 0.308 e. The average molecular weight is 476 g/mol. The van der Waals surface area contributed by atoms with Crippen LogP contribution in [0.2, 0.25) is 0 Å². The van der Waals surface area contributed by atoms with Crippen LogP contribution in [-0.2, 0) is 16.2 Å². The van der Waals surface area contributed by atoms with Gasteiger partial charge in [-0.1, -0.05) is 48.5 Å². The number of carbonyl (C=O) groups is 2. The molecular formula is C27H26FN3O2S. The van der Waals surface area contributed by atoms with Gasteiger partial charge in [-0.05, 0) is 56.2 Å². The van der Waals surface area contributed by atoms with E-state index in [1.165, 1.54) is 23.9 Å². The fraction of sp³-hybridized carbons (Fsp3) is 0.259. The number of anilines is 2. The second-order valence-electron chi connectivity index (χ2n) is 9.37. The Kier molecular flexibility index (Phi) is 5.40. The number of hydrogen-bond donors (Lipinski definition) is 1. The van der Waals surface area contributed by atoms with Gasteiger partial charge in [0.2, 0.25) is 0 Å². The van der Waals surface area contributed by atoms with Crippen LogP contribution < -0.4 is 10.2 Å². The highest BCUT2D eigenvalue weighted by Gasteiger charge is 2.63. The van der Waals surface area contributed by atoms with Crippen molar-refractivity contribution in [2.75, 3.05) is 16.8 Å². The molecule has 5 rings (SSSR count). The Morgan fingerprint density at radius 1 is 1.06 bits per heavy atom. The molecule has 1 fully saturated rings. The van der Waals surface area contributed by atoms with Gasteiger partial charge in [-0.25, -0.2) is 9.18 Å². The molecule has 3 aromatic carbocycles. The van der Waals surface area contributed by atoms with E-state index in [-0.39, 0.29) is 10.7 Å². The largest absolute Gasteiger partial charge is 0.323 e. The Labute approximate surface area is 202 Å². The summed E-state index contributed by atoms with van der Waals surface area (Å²) in [5.41, 5.74) is 4.13. The van der Waals surface area contributed by atoms with Crippen molar-refractivity contribution in [1.82, 2.24) is 4.90 Å². The van der Waals surface area contributed by atoms with E-state index in [1.54, 1.807) is 21.9 Å². The van der Waals surface area contributed by atoms with E-state index < -0.39 is 16.7 Å². The molecule has 1 N–H and O–H groups in total. The highest BCUT2D eigenvalue weighted by molar-refractivity contribution is 8.02. The van der Waals surface area contributed by atoms with Crippen molar-refractivity contribution in [3.05, 3.63) is 95.3 Å². The van der Waals surface area contributed by atoms with Crippen molar-refractivity contribution in [3.63, 3.8) is 0 Å². The summed E-state index contributed by atoms with van der Waals surface area (Å²) in [6.45, 7) is 6.90. The molecule has 1 saturated heterocycles. The van der Waals surface area contributed by atoms with E-state index >= 15 is 0 Å². The maximum Gasteiger partial charge on any atom is 0.323 e. The third-order valence-corrected chi connectivity index (χ3v) is 7.94. The zero-order valence-corrected chi connectivity index (χ0v) is 20.2. The zero-order valence-electron chi connectivity index (χ0n) is 19.3. The number of nitrogens with zero attached hydrogens (tertiary/aromatic N) is 2. The molecule has 174 valence electrons. The van der Waals surface area contributed by atoms with E-state index in [0.29, 0.717) is 18.8 Å². The minimum atomic E-state index is -1.19. The molecular weight excluding hydrogens is 449 g/mol. The van der Waals surface area contributed by atoms with Crippen LogP contribution in [0.25, 0.3) is 0 Å². The predicted octanol–water partition coefficient (Wildman–Crippen LogP) is 5.89. The van der Waals surface area contributed by atoms with Crippen LogP contribution in [0.15, 0.2) is 72.8 Å². The molecule has 34 heavy (non-hydrogen) atoms. The van der Waals surface area contributed by atoms with Crippen LogP contribution in [0.1, 0.15) is 30.5 Å². The van der Waals surface area contributed by atoms with Crippen LogP contribution in [0, 0.1) is 12.7 Å². The Hall–Kier alpha value is -3.32. The molecule has 3 amide bonds. The Bertz CT molecular complexity index is 1290. The molecule has 0 aliphatic carbocycles. The maximum atomic E-state index is 14.2. The summed E-state index contributed by atoms with van der Waals surface area (Å²) < 4.78 is 13.4. The summed E-state index contributed by atoms with van der Waals surface area (Å²) in [6.07, 6.45) is 0. The fourth-order valence-corrected chi connectivity index (χ4v) is 6.56. The SMILES string of the molecule is Cc1ccccc1CN1C(=O)[C@@]2(SC(C)(C)CN2C(=O)Nc2cccc(F)c2)c2ccccc21. The highest BCUT2D eigenvalue weighted by Crippen LogP contribution is 2.59. The van der Waals surface area contributed by atoms with Crippen molar-refractivity contribution in [3.8, 4) is 0 Å². The molecule has 7 heteroatoms. The van der Waals surface area contributed by atoms with Gasteiger partial charge in [-0.15, -0.1) is 11.8 Å². The van der Waals surface area contributed by atoms with Crippen LogP contribution in [0.4, 0.5) is 20.6 Å². The maximum absolute atomic E-state index is 14.2. The number of aryl methyl sites for hydroxylation is 1. The Balaban J connectivity index is 1.57. The standard InChI is InChI=1S/C27H26FN3O2S/c1-18-9-4-5-10-19(18)16-30-23-14-7-6-13-22(23)27(24(30)32)31(17-26(2,3)34-27)25(33)29-21-12-8-11-20(28)15-21/h4-15H,16-17H2,1-3H3,(H,29,33)/t27-/m0/s1. The minimum absolute atomic E-state index is 0.137. The van der Waals surface area contributed by atoms with Crippen LogP contribution in [0.5, 0.6) is 0 Å². The number of hydrogen-bond acceptors (Lipinski definition) is 3. The monoisotopic (exact) mass is 475 g/mol. The van der Waals surface area contributed by atoms with Crippen LogP contribution >= 0.6 is 11.8 Å². The number of urea groups is 1. The van der Waals surface area contributed by atoms with Gasteiger partial charge in [0.15, 0.2) is 4.87 Å². The van der Waals surface area contributed by atoms with E-state index in [4.69, 9.17) is 0 Å². The number of rotatable bonds is 3. The van der Waals surface area contributed by atoms with Gasteiger partial charge in [0, 0.05) is 22.5 Å². The summed E-state index contributed by atoms with van der Waals surface area (Å²) in [5, 5.41) is 2.80. The number of halogens is 1. The molecule has 2 heterocycles. The van der Waals surface area contributed by atoms with Crippen LogP contribution in [-0.4, -0.2) is 28.1 Å². The van der Waals surface area contributed by atoms with Crippen molar-refractivity contribution < 1.29 is 14.0 Å². The van der Waals surface area contributed by atoms with Crippen LogP contribution in [0.3, 0.4) is 0 Å². The minimum Gasteiger partial charge on any atom is -0.308 e.